The van der Waals surface area contributed by atoms with Gasteiger partial charge in [-0.05, 0) is 25.0 Å². The molecule has 5 nitrogen and oxygen atoms in total. The first kappa shape index (κ1) is 18.6. The third-order valence-corrected chi connectivity index (χ3v) is 4.76. The molecular formula is C17H18Cl2N2O3. The molecule has 2 rings (SSSR count). The number of halogens is 2. The molecule has 0 heterocycles. The summed E-state index contributed by atoms with van der Waals surface area (Å²) in [6.07, 6.45) is 4.00. The molecule has 0 saturated heterocycles. The summed E-state index contributed by atoms with van der Waals surface area (Å²) < 4.78 is 4.97. The molecule has 1 aromatic rings. The lowest BCUT2D eigenvalue weighted by Crippen LogP contribution is -2.50. The third-order valence-electron chi connectivity index (χ3n) is 4.05. The van der Waals surface area contributed by atoms with Crippen molar-refractivity contribution in [3.05, 3.63) is 33.8 Å². The summed E-state index contributed by atoms with van der Waals surface area (Å²) >= 11 is 12.0. The van der Waals surface area contributed by atoms with Gasteiger partial charge in [-0.1, -0.05) is 48.5 Å². The van der Waals surface area contributed by atoms with Gasteiger partial charge in [-0.2, -0.15) is 5.26 Å². The van der Waals surface area contributed by atoms with Gasteiger partial charge in [0.05, 0.1) is 12.5 Å². The highest BCUT2D eigenvalue weighted by Crippen LogP contribution is 2.27. The first-order chi connectivity index (χ1) is 11.5. The zero-order valence-electron chi connectivity index (χ0n) is 13.1. The van der Waals surface area contributed by atoms with Crippen LogP contribution >= 0.6 is 23.2 Å². The van der Waals surface area contributed by atoms with Crippen molar-refractivity contribution in [3.63, 3.8) is 0 Å². The number of nitrogens with one attached hydrogen (secondary N) is 1. The van der Waals surface area contributed by atoms with E-state index in [2.05, 4.69) is 11.4 Å². The van der Waals surface area contributed by atoms with Crippen LogP contribution in [0.25, 0.3) is 0 Å². The molecule has 1 aliphatic carbocycles. The number of carbonyl (C=O) groups is 2. The summed E-state index contributed by atoms with van der Waals surface area (Å²) in [5, 5.41) is 12.8. The number of amides is 1. The van der Waals surface area contributed by atoms with Gasteiger partial charge in [0, 0.05) is 15.6 Å². The monoisotopic (exact) mass is 368 g/mol. The highest BCUT2D eigenvalue weighted by Gasteiger charge is 2.33. The van der Waals surface area contributed by atoms with Crippen molar-refractivity contribution < 1.29 is 14.3 Å². The molecule has 0 aliphatic heterocycles. The summed E-state index contributed by atoms with van der Waals surface area (Å²) in [7, 11) is 0. The highest BCUT2D eigenvalue weighted by molar-refractivity contribution is 6.36. The summed E-state index contributed by atoms with van der Waals surface area (Å²) in [4.78, 5) is 23.9. The Labute approximate surface area is 150 Å². The fraction of sp³-hybridized carbons (Fsp3) is 0.471. The molecule has 1 fully saturated rings. The Morgan fingerprint density at radius 2 is 1.83 bits per heavy atom. The Morgan fingerprint density at radius 1 is 1.21 bits per heavy atom. The Morgan fingerprint density at radius 3 is 2.42 bits per heavy atom. The largest absolute Gasteiger partial charge is 0.455 e. The van der Waals surface area contributed by atoms with E-state index in [1.807, 2.05) is 0 Å². The van der Waals surface area contributed by atoms with Crippen LogP contribution in [-0.2, 0) is 20.7 Å². The molecule has 1 N–H and O–H groups in total. The van der Waals surface area contributed by atoms with Gasteiger partial charge in [0.2, 0.25) is 0 Å². The molecule has 1 amide bonds. The number of benzene rings is 1. The predicted molar refractivity (Wildman–Crippen MR) is 90.7 cm³/mol. The van der Waals surface area contributed by atoms with E-state index in [1.54, 1.807) is 18.2 Å². The molecule has 0 unspecified atom stereocenters. The molecule has 1 aliphatic rings. The van der Waals surface area contributed by atoms with E-state index in [1.165, 1.54) is 0 Å². The summed E-state index contributed by atoms with van der Waals surface area (Å²) in [6, 6.07) is 7.12. The smallest absolute Gasteiger partial charge is 0.310 e. The molecule has 128 valence electrons. The zero-order chi connectivity index (χ0) is 17.6. The first-order valence-electron chi connectivity index (χ1n) is 7.76. The van der Waals surface area contributed by atoms with Crippen LogP contribution in [0.2, 0.25) is 10.0 Å². The molecule has 1 aromatic carbocycles. The van der Waals surface area contributed by atoms with Crippen molar-refractivity contribution in [2.45, 2.75) is 44.1 Å². The van der Waals surface area contributed by atoms with Crippen LogP contribution in [0.5, 0.6) is 0 Å². The lowest BCUT2D eigenvalue weighted by Gasteiger charge is -2.31. The van der Waals surface area contributed by atoms with Crippen molar-refractivity contribution >= 4 is 35.1 Å². The van der Waals surface area contributed by atoms with Crippen molar-refractivity contribution in [1.29, 1.82) is 5.26 Å². The van der Waals surface area contributed by atoms with Crippen LogP contribution in [0, 0.1) is 11.3 Å². The fourth-order valence-electron chi connectivity index (χ4n) is 2.77. The zero-order valence-corrected chi connectivity index (χ0v) is 14.6. The average Bonchev–Trinajstić information content (AvgIpc) is 2.57. The van der Waals surface area contributed by atoms with E-state index >= 15 is 0 Å². The minimum absolute atomic E-state index is 0.116. The molecule has 7 heteroatoms. The van der Waals surface area contributed by atoms with Crippen molar-refractivity contribution in [1.82, 2.24) is 5.32 Å². The van der Waals surface area contributed by atoms with Gasteiger partial charge in [-0.3, -0.25) is 9.59 Å². The van der Waals surface area contributed by atoms with Crippen LogP contribution in [0.15, 0.2) is 18.2 Å². The Bertz CT molecular complexity index is 644. The van der Waals surface area contributed by atoms with Crippen molar-refractivity contribution in [2.75, 3.05) is 6.61 Å². The number of nitrogens with zero attached hydrogens (tertiary/aromatic N) is 1. The van der Waals surface area contributed by atoms with Gasteiger partial charge in [0.15, 0.2) is 6.61 Å². The van der Waals surface area contributed by atoms with E-state index < -0.39 is 24.0 Å². The van der Waals surface area contributed by atoms with E-state index in [0.717, 1.165) is 19.3 Å². The number of hydrogen-bond donors (Lipinski definition) is 1. The molecule has 0 bridgehead atoms. The lowest BCUT2D eigenvalue weighted by molar-refractivity contribution is -0.148. The van der Waals surface area contributed by atoms with Crippen molar-refractivity contribution in [2.24, 2.45) is 0 Å². The Hall–Kier alpha value is -1.77. The van der Waals surface area contributed by atoms with Crippen LogP contribution < -0.4 is 5.32 Å². The van der Waals surface area contributed by atoms with Gasteiger partial charge in [0.1, 0.15) is 5.54 Å². The molecule has 0 aromatic heterocycles. The number of nitriles is 1. The van der Waals surface area contributed by atoms with Crippen molar-refractivity contribution in [3.8, 4) is 6.07 Å². The second kappa shape index (κ2) is 8.36. The number of rotatable bonds is 5. The fourth-order valence-corrected chi connectivity index (χ4v) is 3.30. The average molecular weight is 369 g/mol. The molecule has 0 atom stereocenters. The van der Waals surface area contributed by atoms with Gasteiger partial charge < -0.3 is 10.1 Å². The molecular weight excluding hydrogens is 351 g/mol. The topological polar surface area (TPSA) is 79.2 Å². The molecule has 24 heavy (non-hydrogen) atoms. The van der Waals surface area contributed by atoms with Gasteiger partial charge in [-0.15, -0.1) is 0 Å². The van der Waals surface area contributed by atoms with Crippen LogP contribution in [-0.4, -0.2) is 24.0 Å². The summed E-state index contributed by atoms with van der Waals surface area (Å²) in [5.41, 5.74) is -0.375. The van der Waals surface area contributed by atoms with Gasteiger partial charge in [-0.25, -0.2) is 0 Å². The molecule has 0 spiro atoms. The van der Waals surface area contributed by atoms with Gasteiger partial charge in [0.25, 0.3) is 5.91 Å². The van der Waals surface area contributed by atoms with E-state index in [0.29, 0.717) is 28.5 Å². The normalized spacial score (nSPS) is 16.0. The first-order valence-corrected chi connectivity index (χ1v) is 8.52. The minimum Gasteiger partial charge on any atom is -0.455 e. The number of esters is 1. The standard InChI is InChI=1S/C17H18Cl2N2O3/c18-13-5-4-6-14(19)12(13)9-16(23)24-10-15(22)21-17(11-20)7-2-1-3-8-17/h4-6H,1-3,7-10H2,(H,21,22). The van der Waals surface area contributed by atoms with Gasteiger partial charge >= 0.3 is 5.97 Å². The van der Waals surface area contributed by atoms with E-state index in [9.17, 15) is 14.9 Å². The highest BCUT2D eigenvalue weighted by atomic mass is 35.5. The lowest BCUT2D eigenvalue weighted by atomic mass is 9.83. The van der Waals surface area contributed by atoms with Crippen LogP contribution in [0.4, 0.5) is 0 Å². The second-order valence-electron chi connectivity index (χ2n) is 5.84. The maximum atomic E-state index is 12.0. The van der Waals surface area contributed by atoms with Crippen LogP contribution in [0.1, 0.15) is 37.7 Å². The maximum absolute atomic E-state index is 12.0. The SMILES string of the molecule is N#CC1(NC(=O)COC(=O)Cc2c(Cl)cccc2Cl)CCCCC1. The quantitative estimate of drug-likeness (QED) is 0.807. The number of carbonyl (C=O) groups excluding carboxylic acids is 2. The molecule has 0 radical (unpaired) electrons. The number of hydrogen-bond acceptors (Lipinski definition) is 4. The minimum atomic E-state index is -0.839. The van der Waals surface area contributed by atoms with E-state index in [-0.39, 0.29) is 6.42 Å². The number of ether oxygens (including phenoxy) is 1. The summed E-state index contributed by atoms with van der Waals surface area (Å²) in [6.45, 7) is -0.426. The van der Waals surface area contributed by atoms with E-state index in [4.69, 9.17) is 27.9 Å². The van der Waals surface area contributed by atoms with Crippen LogP contribution in [0.3, 0.4) is 0 Å². The predicted octanol–water partition coefficient (Wildman–Crippen LogP) is 3.42. The third kappa shape index (κ3) is 4.86. The Kier molecular flexibility index (Phi) is 6.47. The Balaban J connectivity index is 1.85. The summed E-state index contributed by atoms with van der Waals surface area (Å²) in [5.74, 6) is -1.08. The maximum Gasteiger partial charge on any atom is 0.310 e. The second-order valence-corrected chi connectivity index (χ2v) is 6.65. The molecule has 1 saturated carbocycles.